The summed E-state index contributed by atoms with van der Waals surface area (Å²) >= 11 is 0. The number of hydrogen-bond donors (Lipinski definition) is 2. The van der Waals surface area contributed by atoms with Crippen molar-refractivity contribution in [1.29, 1.82) is 0 Å². The minimum Gasteiger partial charge on any atom is -0.480 e. The van der Waals surface area contributed by atoms with E-state index < -0.39 is 36.6 Å². The molecule has 0 amide bonds. The molecule has 2 N–H and O–H groups in total. The van der Waals surface area contributed by atoms with Gasteiger partial charge in [0, 0.05) is 6.54 Å². The zero-order chi connectivity index (χ0) is 27.2. The van der Waals surface area contributed by atoms with Gasteiger partial charge in [0.05, 0.1) is 13.2 Å². The van der Waals surface area contributed by atoms with Gasteiger partial charge in [0.25, 0.3) is 0 Å². The number of benzene rings is 1. The van der Waals surface area contributed by atoms with Gasteiger partial charge in [-0.05, 0) is 70.6 Å². The van der Waals surface area contributed by atoms with Crippen molar-refractivity contribution in [3.8, 4) is 11.5 Å². The molecule has 0 saturated heterocycles. The number of rotatable bonds is 12. The average molecular weight is 526 g/mol. The number of carbonyl (C=O) groups excluding carboxylic acids is 3. The molecule has 0 aromatic heterocycles. The molecule has 1 fully saturated rings. The largest absolute Gasteiger partial charge is 0.513 e. The highest BCUT2D eigenvalue weighted by Crippen LogP contribution is 2.30. The molecule has 0 aliphatic heterocycles. The Morgan fingerprint density at radius 1 is 0.946 bits per heavy atom. The maximum Gasteiger partial charge on any atom is 0.513 e. The van der Waals surface area contributed by atoms with E-state index in [-0.39, 0.29) is 43.8 Å². The normalized spacial score (nSPS) is 15.1. The molecule has 1 unspecified atom stereocenters. The second-order valence-electron chi connectivity index (χ2n) is 8.41. The lowest BCUT2D eigenvalue weighted by Gasteiger charge is -2.23. The second-order valence-corrected chi connectivity index (χ2v) is 8.41. The van der Waals surface area contributed by atoms with Gasteiger partial charge in [0.2, 0.25) is 0 Å². The van der Waals surface area contributed by atoms with Gasteiger partial charge in [-0.1, -0.05) is 12.5 Å². The first-order valence-electron chi connectivity index (χ1n) is 12.4. The molecule has 2 atom stereocenters. The van der Waals surface area contributed by atoms with Gasteiger partial charge < -0.3 is 38.8 Å². The Bertz CT molecular complexity index is 914. The Kier molecular flexibility index (Phi) is 12.5. The molecule has 0 heterocycles. The first-order chi connectivity index (χ1) is 17.7. The molecule has 1 aliphatic carbocycles. The zero-order valence-electron chi connectivity index (χ0n) is 21.4. The molecule has 1 saturated carbocycles. The quantitative estimate of drug-likeness (QED) is 0.228. The van der Waals surface area contributed by atoms with Crippen LogP contribution in [0.25, 0.3) is 0 Å². The van der Waals surface area contributed by atoms with Gasteiger partial charge in [0.15, 0.2) is 11.5 Å². The molecule has 1 aliphatic rings. The highest BCUT2D eigenvalue weighted by molar-refractivity contribution is 5.74. The Hall–Kier alpha value is -3.54. The topological polar surface area (TPSA) is 156 Å². The molecular formula is C25H35NO11. The van der Waals surface area contributed by atoms with Crippen molar-refractivity contribution in [3.05, 3.63) is 23.8 Å². The van der Waals surface area contributed by atoms with Crippen molar-refractivity contribution in [2.75, 3.05) is 19.8 Å². The lowest BCUT2D eigenvalue weighted by Crippen LogP contribution is -2.43. The summed E-state index contributed by atoms with van der Waals surface area (Å²) in [5.41, 5.74) is 0.459. The van der Waals surface area contributed by atoms with Crippen molar-refractivity contribution in [1.82, 2.24) is 5.32 Å². The Morgan fingerprint density at radius 3 is 2.16 bits per heavy atom. The minimum absolute atomic E-state index is 0.0204. The number of nitrogens with one attached hydrogen (secondary N) is 1. The molecule has 1 aromatic carbocycles. The summed E-state index contributed by atoms with van der Waals surface area (Å²) in [6.07, 6.45) is 1.19. The third-order valence-corrected chi connectivity index (χ3v) is 5.42. The van der Waals surface area contributed by atoms with Crippen LogP contribution in [0.2, 0.25) is 0 Å². The van der Waals surface area contributed by atoms with Crippen LogP contribution in [-0.2, 0) is 30.2 Å². The monoisotopic (exact) mass is 525 g/mol. The van der Waals surface area contributed by atoms with Gasteiger partial charge in [-0.15, -0.1) is 0 Å². The fourth-order valence-corrected chi connectivity index (χ4v) is 3.66. The van der Waals surface area contributed by atoms with E-state index in [1.807, 2.05) is 0 Å². The summed E-state index contributed by atoms with van der Waals surface area (Å²) < 4.78 is 30.2. The number of aliphatic carboxylic acids is 1. The average Bonchev–Trinajstić information content (AvgIpc) is 2.84. The molecular weight excluding hydrogens is 490 g/mol. The summed E-state index contributed by atoms with van der Waals surface area (Å²) in [6.45, 7) is 5.03. The SMILES string of the molecule is CCOC(=O)Oc1ccc(C[C@H](NCC(C)OC(=O)OC2CCCCC2)C(=O)O)cc1OC(=O)OCC. The molecule has 12 nitrogen and oxygen atoms in total. The number of ether oxygens (including phenoxy) is 6. The molecule has 0 bridgehead atoms. The summed E-state index contributed by atoms with van der Waals surface area (Å²) in [5.74, 6) is -1.39. The number of carbonyl (C=O) groups is 4. The predicted molar refractivity (Wildman–Crippen MR) is 129 cm³/mol. The molecule has 206 valence electrons. The van der Waals surface area contributed by atoms with E-state index in [9.17, 15) is 24.3 Å². The fourth-order valence-electron chi connectivity index (χ4n) is 3.66. The standard InChI is InChI=1S/C25H35NO11/c1-4-32-23(29)36-20-12-11-17(14-21(20)37-24(30)33-5-2)13-19(22(27)28)26-15-16(3)34-25(31)35-18-9-7-6-8-10-18/h11-12,14,16,18-19,26H,4-10,13,15H2,1-3H3,(H,27,28)/t16?,19-/m0/s1. The van der Waals surface area contributed by atoms with Gasteiger partial charge in [-0.2, -0.15) is 0 Å². The maximum atomic E-state index is 12.0. The Labute approximate surface area is 215 Å². The van der Waals surface area contributed by atoms with Crippen LogP contribution in [0.1, 0.15) is 58.4 Å². The van der Waals surface area contributed by atoms with Crippen molar-refractivity contribution in [2.45, 2.75) is 77.5 Å². The minimum atomic E-state index is -1.14. The van der Waals surface area contributed by atoms with E-state index in [2.05, 4.69) is 5.32 Å². The second kappa shape index (κ2) is 15.5. The number of hydrogen-bond acceptors (Lipinski definition) is 11. The van der Waals surface area contributed by atoms with Gasteiger partial charge >= 0.3 is 24.4 Å². The zero-order valence-corrected chi connectivity index (χ0v) is 21.4. The lowest BCUT2D eigenvalue weighted by molar-refractivity contribution is -0.139. The van der Waals surface area contributed by atoms with Crippen LogP contribution in [-0.4, -0.2) is 67.6 Å². The van der Waals surface area contributed by atoms with E-state index in [1.54, 1.807) is 20.8 Å². The molecule has 0 spiro atoms. The predicted octanol–water partition coefficient (Wildman–Crippen LogP) is 4.22. The van der Waals surface area contributed by atoms with Gasteiger partial charge in [0.1, 0.15) is 18.2 Å². The third-order valence-electron chi connectivity index (χ3n) is 5.42. The summed E-state index contributed by atoms with van der Waals surface area (Å²) in [5, 5.41) is 12.5. The van der Waals surface area contributed by atoms with E-state index in [0.717, 1.165) is 32.1 Å². The van der Waals surface area contributed by atoms with Gasteiger partial charge in [-0.25, -0.2) is 14.4 Å². The molecule has 0 radical (unpaired) electrons. The van der Waals surface area contributed by atoms with Crippen LogP contribution in [0.15, 0.2) is 18.2 Å². The summed E-state index contributed by atoms with van der Waals surface area (Å²) in [6, 6.07) is 3.18. The van der Waals surface area contributed by atoms with E-state index in [1.165, 1.54) is 18.2 Å². The molecule has 2 rings (SSSR count). The van der Waals surface area contributed by atoms with Crippen LogP contribution in [0.5, 0.6) is 11.5 Å². The lowest BCUT2D eigenvalue weighted by atomic mass is 9.98. The van der Waals surface area contributed by atoms with Crippen molar-refractivity contribution < 1.29 is 52.7 Å². The van der Waals surface area contributed by atoms with Crippen LogP contribution in [0.3, 0.4) is 0 Å². The molecule has 12 heteroatoms. The first-order valence-corrected chi connectivity index (χ1v) is 12.4. The Balaban J connectivity index is 2.00. The third kappa shape index (κ3) is 10.9. The number of carboxylic acid groups (broad SMARTS) is 1. The van der Waals surface area contributed by atoms with E-state index >= 15 is 0 Å². The van der Waals surface area contributed by atoms with Crippen molar-refractivity contribution in [2.24, 2.45) is 0 Å². The molecule has 1 aromatic rings. The van der Waals surface area contributed by atoms with Crippen LogP contribution >= 0.6 is 0 Å². The number of carboxylic acids is 1. The maximum absolute atomic E-state index is 12.0. The van der Waals surface area contributed by atoms with E-state index in [0.29, 0.717) is 5.56 Å². The van der Waals surface area contributed by atoms with Crippen LogP contribution < -0.4 is 14.8 Å². The van der Waals surface area contributed by atoms with Crippen LogP contribution in [0, 0.1) is 0 Å². The summed E-state index contributed by atoms with van der Waals surface area (Å²) in [7, 11) is 0. The van der Waals surface area contributed by atoms with Crippen LogP contribution in [0.4, 0.5) is 14.4 Å². The van der Waals surface area contributed by atoms with Crippen molar-refractivity contribution >= 4 is 24.4 Å². The highest BCUT2D eigenvalue weighted by Gasteiger charge is 2.24. The van der Waals surface area contributed by atoms with Gasteiger partial charge in [-0.3, -0.25) is 4.79 Å². The Morgan fingerprint density at radius 2 is 1.57 bits per heavy atom. The van der Waals surface area contributed by atoms with Crippen molar-refractivity contribution in [3.63, 3.8) is 0 Å². The fraction of sp³-hybridized carbons (Fsp3) is 0.600. The first kappa shape index (κ1) is 29.7. The van der Waals surface area contributed by atoms with E-state index in [4.69, 9.17) is 28.4 Å². The smallest absolute Gasteiger partial charge is 0.480 e. The molecule has 37 heavy (non-hydrogen) atoms. The summed E-state index contributed by atoms with van der Waals surface area (Å²) in [4.78, 5) is 47.4. The highest BCUT2D eigenvalue weighted by atomic mass is 16.7.